The lowest BCUT2D eigenvalue weighted by molar-refractivity contribution is 0.103. The fraction of sp³-hybridized carbons (Fsp3) is 0.0435. The number of pyridine rings is 1. The average Bonchev–Trinajstić information content (AvgIpc) is 2.67. The van der Waals surface area contributed by atoms with Crippen molar-refractivity contribution in [2.75, 3.05) is 0 Å². The molecule has 0 N–H and O–H groups in total. The summed E-state index contributed by atoms with van der Waals surface area (Å²) in [7, 11) is 0. The van der Waals surface area contributed by atoms with E-state index in [-0.39, 0.29) is 5.78 Å². The number of hydrogen-bond acceptors (Lipinski definition) is 2. The summed E-state index contributed by atoms with van der Waals surface area (Å²) in [5.41, 5.74) is 4.99. The predicted molar refractivity (Wildman–Crippen MR) is 102 cm³/mol. The molecule has 0 aliphatic heterocycles. The van der Waals surface area contributed by atoms with Crippen LogP contribution in [0, 0.1) is 6.92 Å². The fourth-order valence-electron chi connectivity index (χ4n) is 3.01. The van der Waals surface area contributed by atoms with Crippen LogP contribution in [0.2, 0.25) is 0 Å². The third-order valence-electron chi connectivity index (χ3n) is 4.31. The molecule has 0 radical (unpaired) electrons. The maximum absolute atomic E-state index is 13.1. The number of aromatic nitrogens is 1. The highest BCUT2D eigenvalue weighted by molar-refractivity contribution is 6.12. The Kier molecular flexibility index (Phi) is 3.87. The molecule has 1 heterocycles. The molecule has 0 atom stereocenters. The molecule has 3 aromatic carbocycles. The summed E-state index contributed by atoms with van der Waals surface area (Å²) in [5.74, 6) is -0.0529. The first kappa shape index (κ1) is 15.3. The first-order valence-electron chi connectivity index (χ1n) is 8.29. The zero-order valence-corrected chi connectivity index (χ0v) is 13.9. The fourth-order valence-corrected chi connectivity index (χ4v) is 3.01. The molecule has 0 bridgehead atoms. The van der Waals surface area contributed by atoms with Gasteiger partial charge in [-0.05, 0) is 30.2 Å². The van der Waals surface area contributed by atoms with Gasteiger partial charge in [-0.3, -0.25) is 4.79 Å². The van der Waals surface area contributed by atoms with Gasteiger partial charge in [0.15, 0.2) is 0 Å². The summed E-state index contributed by atoms with van der Waals surface area (Å²) >= 11 is 0. The number of rotatable bonds is 3. The third-order valence-corrected chi connectivity index (χ3v) is 4.31. The van der Waals surface area contributed by atoms with Gasteiger partial charge in [0.25, 0.3) is 0 Å². The summed E-state index contributed by atoms with van der Waals surface area (Å²) in [6, 6.07) is 27.5. The molecule has 4 aromatic rings. The summed E-state index contributed by atoms with van der Waals surface area (Å²) in [4.78, 5) is 17.8. The first-order valence-corrected chi connectivity index (χ1v) is 8.29. The van der Waals surface area contributed by atoms with E-state index in [0.717, 1.165) is 27.6 Å². The summed E-state index contributed by atoms with van der Waals surface area (Å²) in [6.07, 6.45) is 0. The lowest BCUT2D eigenvalue weighted by Crippen LogP contribution is -2.07. The van der Waals surface area contributed by atoms with E-state index in [1.807, 2.05) is 73.7 Å². The molecule has 0 aliphatic rings. The number of benzene rings is 3. The molecule has 1 aromatic heterocycles. The maximum Gasteiger partial charge on any atom is 0.212 e. The molecular weight excluding hydrogens is 306 g/mol. The zero-order valence-electron chi connectivity index (χ0n) is 13.9. The average molecular weight is 323 g/mol. The molecule has 0 unspecified atom stereocenters. The molecule has 0 saturated heterocycles. The largest absolute Gasteiger partial charge is 0.287 e. The highest BCUT2D eigenvalue weighted by Crippen LogP contribution is 2.28. The van der Waals surface area contributed by atoms with Crippen LogP contribution in [0.1, 0.15) is 21.6 Å². The molecule has 0 spiro atoms. The van der Waals surface area contributed by atoms with E-state index in [4.69, 9.17) is 4.98 Å². The van der Waals surface area contributed by atoms with Crippen molar-refractivity contribution in [3.63, 3.8) is 0 Å². The Morgan fingerprint density at radius 2 is 1.48 bits per heavy atom. The Balaban J connectivity index is 1.98. The van der Waals surface area contributed by atoms with E-state index in [1.54, 1.807) is 0 Å². The molecule has 0 fully saturated rings. The summed E-state index contributed by atoms with van der Waals surface area (Å²) in [6.45, 7) is 2.03. The lowest BCUT2D eigenvalue weighted by Gasteiger charge is -2.11. The van der Waals surface area contributed by atoms with E-state index in [1.165, 1.54) is 0 Å². The van der Waals surface area contributed by atoms with Crippen LogP contribution in [0.25, 0.3) is 22.0 Å². The normalized spacial score (nSPS) is 10.8. The summed E-state index contributed by atoms with van der Waals surface area (Å²) in [5, 5.41) is 1.04. The zero-order chi connectivity index (χ0) is 17.2. The summed E-state index contributed by atoms with van der Waals surface area (Å²) < 4.78 is 0. The van der Waals surface area contributed by atoms with Gasteiger partial charge in [-0.1, -0.05) is 72.8 Å². The number of carbonyl (C=O) groups excluding carboxylic acids is 1. The SMILES string of the molecule is Cc1ccc2cc(-c3ccccc3)c(C(=O)c3ccccc3)nc2c1. The second kappa shape index (κ2) is 6.33. The number of ketones is 1. The molecule has 4 rings (SSSR count). The quantitative estimate of drug-likeness (QED) is 0.470. The number of hydrogen-bond donors (Lipinski definition) is 0. The van der Waals surface area contributed by atoms with Gasteiger partial charge in [0.2, 0.25) is 5.78 Å². The molecule has 2 nitrogen and oxygen atoms in total. The van der Waals surface area contributed by atoms with Crippen molar-refractivity contribution in [3.05, 3.63) is 102 Å². The Morgan fingerprint density at radius 3 is 2.20 bits per heavy atom. The van der Waals surface area contributed by atoms with Gasteiger partial charge in [0, 0.05) is 16.5 Å². The third kappa shape index (κ3) is 2.94. The van der Waals surface area contributed by atoms with Crippen molar-refractivity contribution in [3.8, 4) is 11.1 Å². The van der Waals surface area contributed by atoms with Crippen LogP contribution in [0.4, 0.5) is 0 Å². The number of nitrogens with zero attached hydrogens (tertiary/aromatic N) is 1. The van der Waals surface area contributed by atoms with Crippen LogP contribution in [-0.4, -0.2) is 10.8 Å². The monoisotopic (exact) mass is 323 g/mol. The minimum atomic E-state index is -0.0529. The van der Waals surface area contributed by atoms with Gasteiger partial charge in [-0.15, -0.1) is 0 Å². The van der Waals surface area contributed by atoms with Crippen molar-refractivity contribution in [2.24, 2.45) is 0 Å². The highest BCUT2D eigenvalue weighted by atomic mass is 16.1. The van der Waals surface area contributed by atoms with Gasteiger partial charge < -0.3 is 0 Å². The Labute approximate surface area is 146 Å². The Bertz CT molecular complexity index is 1050. The van der Waals surface area contributed by atoms with Crippen molar-refractivity contribution >= 4 is 16.7 Å². The van der Waals surface area contributed by atoms with Gasteiger partial charge >= 0.3 is 0 Å². The van der Waals surface area contributed by atoms with Crippen LogP contribution < -0.4 is 0 Å². The number of aryl methyl sites for hydroxylation is 1. The smallest absolute Gasteiger partial charge is 0.212 e. The molecule has 120 valence electrons. The van der Waals surface area contributed by atoms with Gasteiger partial charge in [0.05, 0.1) is 5.52 Å². The Morgan fingerprint density at radius 1 is 0.800 bits per heavy atom. The Hall–Kier alpha value is -3.26. The van der Waals surface area contributed by atoms with Crippen molar-refractivity contribution < 1.29 is 4.79 Å². The van der Waals surface area contributed by atoms with Crippen LogP contribution in [0.15, 0.2) is 84.9 Å². The number of fused-ring (bicyclic) bond motifs is 1. The highest BCUT2D eigenvalue weighted by Gasteiger charge is 2.17. The molecule has 25 heavy (non-hydrogen) atoms. The van der Waals surface area contributed by atoms with Crippen molar-refractivity contribution in [2.45, 2.75) is 6.92 Å². The van der Waals surface area contributed by atoms with E-state index in [0.29, 0.717) is 11.3 Å². The van der Waals surface area contributed by atoms with Crippen LogP contribution >= 0.6 is 0 Å². The topological polar surface area (TPSA) is 30.0 Å². The second-order valence-electron chi connectivity index (χ2n) is 6.14. The molecule has 0 saturated carbocycles. The second-order valence-corrected chi connectivity index (χ2v) is 6.14. The minimum Gasteiger partial charge on any atom is -0.287 e. The van der Waals surface area contributed by atoms with Gasteiger partial charge in [-0.25, -0.2) is 4.98 Å². The first-order chi connectivity index (χ1) is 12.2. The van der Waals surface area contributed by atoms with Gasteiger partial charge in [0.1, 0.15) is 5.69 Å². The van der Waals surface area contributed by atoms with Crippen molar-refractivity contribution in [1.29, 1.82) is 0 Å². The molecule has 0 amide bonds. The minimum absolute atomic E-state index is 0.0529. The molecule has 2 heteroatoms. The van der Waals surface area contributed by atoms with E-state index < -0.39 is 0 Å². The number of carbonyl (C=O) groups is 1. The predicted octanol–water partition coefficient (Wildman–Crippen LogP) is 5.44. The van der Waals surface area contributed by atoms with E-state index in [2.05, 4.69) is 18.2 Å². The molecular formula is C23H17NO. The maximum atomic E-state index is 13.1. The standard InChI is InChI=1S/C23H17NO/c1-16-12-13-19-15-20(17-8-4-2-5-9-17)22(24-21(19)14-16)23(25)18-10-6-3-7-11-18/h2-15H,1H3. The van der Waals surface area contributed by atoms with Crippen molar-refractivity contribution in [1.82, 2.24) is 4.98 Å². The van der Waals surface area contributed by atoms with E-state index >= 15 is 0 Å². The van der Waals surface area contributed by atoms with Crippen LogP contribution in [0.5, 0.6) is 0 Å². The molecule has 0 aliphatic carbocycles. The van der Waals surface area contributed by atoms with Crippen LogP contribution in [-0.2, 0) is 0 Å². The van der Waals surface area contributed by atoms with Crippen LogP contribution in [0.3, 0.4) is 0 Å². The van der Waals surface area contributed by atoms with Gasteiger partial charge in [-0.2, -0.15) is 0 Å². The lowest BCUT2D eigenvalue weighted by atomic mass is 9.96. The van der Waals surface area contributed by atoms with E-state index in [9.17, 15) is 4.79 Å².